The number of anilines is 1. The molecule has 1 N–H and O–H groups in total. The number of amides is 2. The van der Waals surface area contributed by atoms with Crippen molar-refractivity contribution in [1.29, 1.82) is 0 Å². The molecule has 1 aliphatic rings. The molecule has 0 radical (unpaired) electrons. The molecule has 3 rings (SSSR count). The van der Waals surface area contributed by atoms with E-state index in [1.807, 2.05) is 38.1 Å². The minimum atomic E-state index is -0.319. The highest BCUT2D eigenvalue weighted by atomic mass is 16.2. The molecule has 1 fully saturated rings. The van der Waals surface area contributed by atoms with Gasteiger partial charge >= 0.3 is 0 Å². The van der Waals surface area contributed by atoms with Crippen molar-refractivity contribution in [2.24, 2.45) is 5.92 Å². The lowest BCUT2D eigenvalue weighted by atomic mass is 10.0. The van der Waals surface area contributed by atoms with Crippen LogP contribution >= 0.6 is 0 Å². The lowest BCUT2D eigenvalue weighted by molar-refractivity contribution is -0.126. The van der Waals surface area contributed by atoms with E-state index < -0.39 is 0 Å². The number of carbonyl (C=O) groups excluding carboxylic acids is 2. The molecule has 2 aromatic rings. The standard InChI is InChI=1S/C20H27N5O2/c1-13(2)16-5-7-18(8-6-16)24-12-17(11-19(24)26)20(27)21-9-10-25-15(4)22-14(3)23-25/h5-8,13,17H,9-12H2,1-4H3,(H,21,27)/t17-/m0/s1. The van der Waals surface area contributed by atoms with Crippen LogP contribution in [-0.2, 0) is 16.1 Å². The molecule has 144 valence electrons. The Morgan fingerprint density at radius 1 is 1.26 bits per heavy atom. The zero-order valence-electron chi connectivity index (χ0n) is 16.4. The highest BCUT2D eigenvalue weighted by Crippen LogP contribution is 2.26. The second-order valence-electron chi connectivity index (χ2n) is 7.37. The van der Waals surface area contributed by atoms with Crippen LogP contribution in [0.3, 0.4) is 0 Å². The lowest BCUT2D eigenvalue weighted by Crippen LogP contribution is -2.35. The van der Waals surface area contributed by atoms with Gasteiger partial charge in [-0.3, -0.25) is 9.59 Å². The van der Waals surface area contributed by atoms with Crippen molar-refractivity contribution in [3.05, 3.63) is 41.5 Å². The summed E-state index contributed by atoms with van der Waals surface area (Å²) in [5, 5.41) is 7.20. The van der Waals surface area contributed by atoms with Crippen molar-refractivity contribution in [1.82, 2.24) is 20.1 Å². The van der Waals surface area contributed by atoms with Gasteiger partial charge in [-0.1, -0.05) is 26.0 Å². The maximum atomic E-state index is 12.5. The lowest BCUT2D eigenvalue weighted by Gasteiger charge is -2.18. The van der Waals surface area contributed by atoms with Crippen LogP contribution in [0.5, 0.6) is 0 Å². The summed E-state index contributed by atoms with van der Waals surface area (Å²) >= 11 is 0. The van der Waals surface area contributed by atoms with Crippen LogP contribution in [0.15, 0.2) is 24.3 Å². The quantitative estimate of drug-likeness (QED) is 0.846. The van der Waals surface area contributed by atoms with E-state index in [9.17, 15) is 9.59 Å². The first kappa shape index (κ1) is 19.1. The van der Waals surface area contributed by atoms with Crippen molar-refractivity contribution in [2.75, 3.05) is 18.0 Å². The zero-order valence-corrected chi connectivity index (χ0v) is 16.4. The van der Waals surface area contributed by atoms with E-state index in [0.717, 1.165) is 17.3 Å². The van der Waals surface area contributed by atoms with Crippen LogP contribution in [0.4, 0.5) is 5.69 Å². The monoisotopic (exact) mass is 369 g/mol. The molecule has 1 atom stereocenters. The van der Waals surface area contributed by atoms with Gasteiger partial charge in [-0.2, -0.15) is 5.10 Å². The number of aromatic nitrogens is 3. The smallest absolute Gasteiger partial charge is 0.227 e. The maximum absolute atomic E-state index is 12.5. The Hall–Kier alpha value is -2.70. The number of hydrogen-bond donors (Lipinski definition) is 1. The van der Waals surface area contributed by atoms with Crippen molar-refractivity contribution >= 4 is 17.5 Å². The molecule has 0 saturated carbocycles. The first-order valence-corrected chi connectivity index (χ1v) is 9.41. The minimum absolute atomic E-state index is 0.00445. The summed E-state index contributed by atoms with van der Waals surface area (Å²) < 4.78 is 1.78. The van der Waals surface area contributed by atoms with Gasteiger partial charge in [-0.05, 0) is 37.5 Å². The van der Waals surface area contributed by atoms with Crippen molar-refractivity contribution in [3.63, 3.8) is 0 Å². The maximum Gasteiger partial charge on any atom is 0.227 e. The molecular weight excluding hydrogens is 342 g/mol. The van der Waals surface area contributed by atoms with Crippen LogP contribution < -0.4 is 10.2 Å². The second kappa shape index (κ2) is 7.90. The molecule has 2 heterocycles. The largest absolute Gasteiger partial charge is 0.354 e. The normalized spacial score (nSPS) is 17.0. The molecule has 2 amide bonds. The van der Waals surface area contributed by atoms with Gasteiger partial charge in [0.15, 0.2) is 0 Å². The Kier molecular flexibility index (Phi) is 5.58. The Morgan fingerprint density at radius 3 is 2.56 bits per heavy atom. The van der Waals surface area contributed by atoms with E-state index in [2.05, 4.69) is 29.2 Å². The van der Waals surface area contributed by atoms with E-state index in [-0.39, 0.29) is 24.2 Å². The van der Waals surface area contributed by atoms with E-state index in [1.165, 1.54) is 5.56 Å². The Morgan fingerprint density at radius 2 is 1.96 bits per heavy atom. The molecule has 1 aliphatic heterocycles. The van der Waals surface area contributed by atoms with Gasteiger partial charge in [0.2, 0.25) is 11.8 Å². The summed E-state index contributed by atoms with van der Waals surface area (Å²) in [6, 6.07) is 8.01. The van der Waals surface area contributed by atoms with Crippen molar-refractivity contribution < 1.29 is 9.59 Å². The molecule has 27 heavy (non-hydrogen) atoms. The summed E-state index contributed by atoms with van der Waals surface area (Å²) in [5.74, 6) is 1.59. The first-order valence-electron chi connectivity index (χ1n) is 9.41. The third kappa shape index (κ3) is 4.35. The van der Waals surface area contributed by atoms with Crippen LogP contribution in [0.25, 0.3) is 0 Å². The van der Waals surface area contributed by atoms with Gasteiger partial charge in [-0.25, -0.2) is 9.67 Å². The molecule has 7 nitrogen and oxygen atoms in total. The third-order valence-electron chi connectivity index (χ3n) is 4.95. The van der Waals surface area contributed by atoms with Crippen molar-refractivity contribution in [3.8, 4) is 0 Å². The molecule has 7 heteroatoms. The van der Waals surface area contributed by atoms with Gasteiger partial charge in [0, 0.05) is 25.2 Å². The molecular formula is C20H27N5O2. The molecule has 1 aromatic heterocycles. The fourth-order valence-electron chi connectivity index (χ4n) is 3.37. The van der Waals surface area contributed by atoms with E-state index in [4.69, 9.17) is 0 Å². The van der Waals surface area contributed by atoms with Crippen LogP contribution in [-0.4, -0.2) is 39.7 Å². The SMILES string of the molecule is Cc1nc(C)n(CCNC(=O)[C@H]2CC(=O)N(c3ccc(C(C)C)cc3)C2)n1. The summed E-state index contributed by atoms with van der Waals surface area (Å²) in [4.78, 5) is 30.8. The molecule has 0 unspecified atom stereocenters. The second-order valence-corrected chi connectivity index (χ2v) is 7.37. The number of nitrogens with one attached hydrogen (secondary N) is 1. The Balaban J connectivity index is 1.54. The number of nitrogens with zero attached hydrogens (tertiary/aromatic N) is 4. The van der Waals surface area contributed by atoms with Gasteiger partial charge in [0.25, 0.3) is 0 Å². The average molecular weight is 369 g/mol. The number of rotatable bonds is 6. The van der Waals surface area contributed by atoms with Crippen LogP contribution in [0.2, 0.25) is 0 Å². The minimum Gasteiger partial charge on any atom is -0.354 e. The molecule has 1 aromatic carbocycles. The fourth-order valence-corrected chi connectivity index (χ4v) is 3.37. The van der Waals surface area contributed by atoms with Gasteiger partial charge in [0.05, 0.1) is 12.5 Å². The molecule has 1 saturated heterocycles. The highest BCUT2D eigenvalue weighted by Gasteiger charge is 2.34. The van der Waals surface area contributed by atoms with E-state index in [1.54, 1.807) is 9.58 Å². The average Bonchev–Trinajstić information content (AvgIpc) is 3.17. The first-order chi connectivity index (χ1) is 12.8. The fraction of sp³-hybridized carbons (Fsp3) is 0.500. The van der Waals surface area contributed by atoms with E-state index in [0.29, 0.717) is 25.6 Å². The molecule has 0 spiro atoms. The topological polar surface area (TPSA) is 80.1 Å². The predicted octanol–water partition coefficient (Wildman–Crippen LogP) is 2.19. The highest BCUT2D eigenvalue weighted by molar-refractivity contribution is 6.00. The van der Waals surface area contributed by atoms with Gasteiger partial charge in [-0.15, -0.1) is 0 Å². The molecule has 0 aliphatic carbocycles. The van der Waals surface area contributed by atoms with Crippen LogP contribution in [0.1, 0.15) is 43.4 Å². The van der Waals surface area contributed by atoms with Crippen LogP contribution in [0, 0.1) is 19.8 Å². The summed E-state index contributed by atoms with van der Waals surface area (Å²) in [5.41, 5.74) is 2.09. The Bertz CT molecular complexity index is 825. The van der Waals surface area contributed by atoms with Gasteiger partial charge in [0.1, 0.15) is 11.6 Å². The summed E-state index contributed by atoms with van der Waals surface area (Å²) in [6.45, 7) is 9.47. The number of aryl methyl sites for hydroxylation is 2. The van der Waals surface area contributed by atoms with Crippen molar-refractivity contribution in [2.45, 2.75) is 46.6 Å². The summed E-state index contributed by atoms with van der Waals surface area (Å²) in [6.07, 6.45) is 0.249. The van der Waals surface area contributed by atoms with Gasteiger partial charge < -0.3 is 10.2 Å². The Labute approximate surface area is 159 Å². The summed E-state index contributed by atoms with van der Waals surface area (Å²) in [7, 11) is 0. The molecule has 0 bridgehead atoms. The zero-order chi connectivity index (χ0) is 19.6. The number of hydrogen-bond acceptors (Lipinski definition) is 4. The number of benzene rings is 1. The van der Waals surface area contributed by atoms with E-state index >= 15 is 0 Å². The number of carbonyl (C=O) groups is 2. The predicted molar refractivity (Wildman–Crippen MR) is 103 cm³/mol. The third-order valence-corrected chi connectivity index (χ3v) is 4.95.